The highest BCUT2D eigenvalue weighted by molar-refractivity contribution is 7.89. The van der Waals surface area contributed by atoms with Gasteiger partial charge in [-0.1, -0.05) is 31.2 Å². The third-order valence-corrected chi connectivity index (χ3v) is 5.39. The molecular weight excluding hydrogens is 369 g/mol. The lowest BCUT2D eigenvalue weighted by molar-refractivity contribution is -0.124. The van der Waals surface area contributed by atoms with E-state index in [2.05, 4.69) is 15.4 Å². The van der Waals surface area contributed by atoms with E-state index < -0.39 is 15.8 Å². The first-order valence-corrected chi connectivity index (χ1v) is 10.1. The van der Waals surface area contributed by atoms with Crippen LogP contribution in [0, 0.1) is 11.7 Å². The molecule has 3 N–H and O–H groups in total. The molecule has 0 aliphatic carbocycles. The summed E-state index contributed by atoms with van der Waals surface area (Å²) < 4.78 is 40.6. The molecule has 0 aromatic heterocycles. The molecule has 6 nitrogen and oxygen atoms in total. The number of nitrogens with one attached hydrogen (secondary N) is 3. The first kappa shape index (κ1) is 21.0. The molecule has 0 bridgehead atoms. The van der Waals surface area contributed by atoms with Gasteiger partial charge in [-0.05, 0) is 42.4 Å². The summed E-state index contributed by atoms with van der Waals surface area (Å²) >= 11 is 0. The quantitative estimate of drug-likeness (QED) is 0.606. The molecule has 0 spiro atoms. The van der Waals surface area contributed by atoms with Gasteiger partial charge in [0.15, 0.2) is 0 Å². The number of hydrogen-bond acceptors (Lipinski definition) is 4. The summed E-state index contributed by atoms with van der Waals surface area (Å²) in [6.45, 7) is 2.59. The van der Waals surface area contributed by atoms with Crippen molar-refractivity contribution in [3.05, 3.63) is 65.5 Å². The zero-order valence-electron chi connectivity index (χ0n) is 15.3. The standard InChI is InChI=1S/C19H24FN3O3S/c1-14(11-21-2)19(24)22-12-16-6-4-8-18(10-16)27(25,26)23-13-15-5-3-7-17(20)9-15/h3-10,14,21,23H,11-13H2,1-2H3,(H,22,24). The van der Waals surface area contributed by atoms with Gasteiger partial charge in [-0.25, -0.2) is 17.5 Å². The monoisotopic (exact) mass is 393 g/mol. The lowest BCUT2D eigenvalue weighted by Gasteiger charge is -2.12. The maximum Gasteiger partial charge on any atom is 0.240 e. The highest BCUT2D eigenvalue weighted by Crippen LogP contribution is 2.13. The van der Waals surface area contributed by atoms with Crippen LogP contribution in [-0.4, -0.2) is 27.9 Å². The second kappa shape index (κ2) is 9.59. The van der Waals surface area contributed by atoms with Gasteiger partial charge in [-0.3, -0.25) is 4.79 Å². The molecular formula is C19H24FN3O3S. The maximum absolute atomic E-state index is 13.2. The third-order valence-electron chi connectivity index (χ3n) is 3.99. The Morgan fingerprint density at radius 3 is 2.41 bits per heavy atom. The van der Waals surface area contributed by atoms with E-state index in [1.54, 1.807) is 25.2 Å². The molecule has 0 aliphatic rings. The van der Waals surface area contributed by atoms with E-state index in [1.807, 2.05) is 6.92 Å². The fraction of sp³-hybridized carbons (Fsp3) is 0.316. The number of halogens is 1. The summed E-state index contributed by atoms with van der Waals surface area (Å²) in [5.41, 5.74) is 1.20. The number of rotatable bonds is 9. The van der Waals surface area contributed by atoms with Crippen LogP contribution in [-0.2, 0) is 27.9 Å². The Kier molecular flexibility index (Phi) is 7.46. The van der Waals surface area contributed by atoms with Gasteiger partial charge in [-0.2, -0.15) is 0 Å². The van der Waals surface area contributed by atoms with Crippen LogP contribution in [0.1, 0.15) is 18.1 Å². The molecule has 0 saturated heterocycles. The summed E-state index contributed by atoms with van der Waals surface area (Å²) in [5.74, 6) is -0.714. The van der Waals surface area contributed by atoms with Crippen molar-refractivity contribution in [3.63, 3.8) is 0 Å². The Hall–Kier alpha value is -2.29. The molecule has 0 radical (unpaired) electrons. The van der Waals surface area contributed by atoms with Crippen LogP contribution in [0.2, 0.25) is 0 Å². The van der Waals surface area contributed by atoms with Crippen molar-refractivity contribution < 1.29 is 17.6 Å². The minimum atomic E-state index is -3.75. The predicted molar refractivity (Wildman–Crippen MR) is 102 cm³/mol. The molecule has 8 heteroatoms. The second-order valence-electron chi connectivity index (χ2n) is 6.28. The van der Waals surface area contributed by atoms with Crippen molar-refractivity contribution in [2.75, 3.05) is 13.6 Å². The molecule has 0 aliphatic heterocycles. The molecule has 1 atom stereocenters. The van der Waals surface area contributed by atoms with Gasteiger partial charge in [0.1, 0.15) is 5.82 Å². The highest BCUT2D eigenvalue weighted by Gasteiger charge is 2.15. The SMILES string of the molecule is CNCC(C)C(=O)NCc1cccc(S(=O)(=O)NCc2cccc(F)c2)c1. The van der Waals surface area contributed by atoms with Crippen LogP contribution in [0.15, 0.2) is 53.4 Å². The van der Waals surface area contributed by atoms with Crippen LogP contribution >= 0.6 is 0 Å². The molecule has 0 fully saturated rings. The van der Waals surface area contributed by atoms with Gasteiger partial charge >= 0.3 is 0 Å². The van der Waals surface area contributed by atoms with E-state index in [-0.39, 0.29) is 29.8 Å². The summed E-state index contributed by atoms with van der Waals surface area (Å²) in [5, 5.41) is 5.73. The number of amides is 1. The second-order valence-corrected chi connectivity index (χ2v) is 8.05. The van der Waals surface area contributed by atoms with Crippen molar-refractivity contribution in [1.29, 1.82) is 0 Å². The summed E-state index contributed by atoms with van der Waals surface area (Å²) in [6, 6.07) is 12.1. The van der Waals surface area contributed by atoms with E-state index >= 15 is 0 Å². The van der Waals surface area contributed by atoms with Crippen LogP contribution in [0.25, 0.3) is 0 Å². The topological polar surface area (TPSA) is 87.3 Å². The van der Waals surface area contributed by atoms with Crippen LogP contribution in [0.3, 0.4) is 0 Å². The fourth-order valence-corrected chi connectivity index (χ4v) is 3.58. The van der Waals surface area contributed by atoms with E-state index in [4.69, 9.17) is 0 Å². The summed E-state index contributed by atoms with van der Waals surface area (Å²) in [7, 11) is -1.98. The van der Waals surface area contributed by atoms with Crippen LogP contribution < -0.4 is 15.4 Å². The van der Waals surface area contributed by atoms with Gasteiger partial charge in [0, 0.05) is 25.6 Å². The normalized spacial score (nSPS) is 12.6. The van der Waals surface area contributed by atoms with Crippen molar-refractivity contribution in [2.24, 2.45) is 5.92 Å². The zero-order chi connectivity index (χ0) is 19.9. The first-order valence-electron chi connectivity index (χ1n) is 8.57. The van der Waals surface area contributed by atoms with Crippen LogP contribution in [0.5, 0.6) is 0 Å². The molecule has 2 aromatic rings. The van der Waals surface area contributed by atoms with Gasteiger partial charge in [0.05, 0.1) is 4.90 Å². The summed E-state index contributed by atoms with van der Waals surface area (Å²) in [4.78, 5) is 12.1. The average Bonchev–Trinajstić information content (AvgIpc) is 2.65. The number of carbonyl (C=O) groups is 1. The van der Waals surface area contributed by atoms with Gasteiger partial charge in [0.25, 0.3) is 0 Å². The largest absolute Gasteiger partial charge is 0.352 e. The highest BCUT2D eigenvalue weighted by atomic mass is 32.2. The van der Waals surface area contributed by atoms with E-state index in [9.17, 15) is 17.6 Å². The van der Waals surface area contributed by atoms with Crippen LogP contribution in [0.4, 0.5) is 4.39 Å². The Morgan fingerprint density at radius 2 is 1.74 bits per heavy atom. The van der Waals surface area contributed by atoms with E-state index in [0.29, 0.717) is 17.7 Å². The van der Waals surface area contributed by atoms with Crippen molar-refractivity contribution in [2.45, 2.75) is 24.9 Å². The Labute approximate surface area is 159 Å². The molecule has 0 heterocycles. The van der Waals surface area contributed by atoms with Gasteiger partial charge in [0.2, 0.25) is 15.9 Å². The van der Waals surface area contributed by atoms with E-state index in [0.717, 1.165) is 0 Å². The molecule has 0 saturated carbocycles. The Bertz CT molecular complexity index is 887. The lowest BCUT2D eigenvalue weighted by atomic mass is 10.1. The Balaban J connectivity index is 2.01. The number of carbonyl (C=O) groups excluding carboxylic acids is 1. The Morgan fingerprint density at radius 1 is 1.07 bits per heavy atom. The van der Waals surface area contributed by atoms with Gasteiger partial charge < -0.3 is 10.6 Å². The maximum atomic E-state index is 13.2. The number of sulfonamides is 1. The lowest BCUT2D eigenvalue weighted by Crippen LogP contribution is -2.33. The summed E-state index contributed by atoms with van der Waals surface area (Å²) in [6.07, 6.45) is 0. The number of benzene rings is 2. The van der Waals surface area contributed by atoms with Crippen molar-refractivity contribution in [1.82, 2.24) is 15.4 Å². The number of hydrogen-bond donors (Lipinski definition) is 3. The average molecular weight is 393 g/mol. The molecule has 2 aromatic carbocycles. The van der Waals surface area contributed by atoms with Gasteiger partial charge in [-0.15, -0.1) is 0 Å². The molecule has 27 heavy (non-hydrogen) atoms. The van der Waals surface area contributed by atoms with Crippen molar-refractivity contribution >= 4 is 15.9 Å². The van der Waals surface area contributed by atoms with Crippen molar-refractivity contribution in [3.8, 4) is 0 Å². The van der Waals surface area contributed by atoms with E-state index in [1.165, 1.54) is 30.3 Å². The fourth-order valence-electron chi connectivity index (χ4n) is 2.49. The molecule has 146 valence electrons. The smallest absolute Gasteiger partial charge is 0.240 e. The molecule has 1 unspecified atom stereocenters. The molecule has 2 rings (SSSR count). The minimum absolute atomic E-state index is 0.0113. The predicted octanol–water partition coefficient (Wildman–Crippen LogP) is 1.78. The first-order chi connectivity index (χ1) is 12.8. The third kappa shape index (κ3) is 6.42. The molecule has 1 amide bonds. The zero-order valence-corrected chi connectivity index (χ0v) is 16.1. The minimum Gasteiger partial charge on any atom is -0.352 e.